The third-order valence-electron chi connectivity index (χ3n) is 3.46. The maximum absolute atomic E-state index is 8.72. The lowest BCUT2D eigenvalue weighted by Gasteiger charge is -2.19. The smallest absolute Gasteiger partial charge is 0.138 e. The van der Waals surface area contributed by atoms with Crippen LogP contribution in [0.5, 0.6) is 0 Å². The summed E-state index contributed by atoms with van der Waals surface area (Å²) in [5, 5.41) is 14.2. The Kier molecular flexibility index (Phi) is 9.80. The van der Waals surface area contributed by atoms with Crippen LogP contribution in [0.4, 0.5) is 0 Å². The molecule has 132 valence electrons. The minimum Gasteiger partial charge on any atom is -0.378 e. The number of nitrogens with one attached hydrogen (secondary N) is 1. The van der Waals surface area contributed by atoms with E-state index < -0.39 is 0 Å². The average molecular weight is 352 g/mol. The molecule has 1 heterocycles. The molecule has 0 bridgehead atoms. The molecule has 0 radical (unpaired) electrons. The highest BCUT2D eigenvalue weighted by atomic mass is 32.2. The molecule has 1 unspecified atom stereocenters. The van der Waals surface area contributed by atoms with E-state index in [4.69, 9.17) is 24.2 Å². The Bertz CT molecular complexity index is 476. The summed E-state index contributed by atoms with van der Waals surface area (Å²) in [5.41, 5.74) is 1.08. The number of rotatable bonds is 2. The first-order chi connectivity index (χ1) is 11.9. The standard InChI is InChI=1S/C17H24N2O4S/c18-14-24-16-3-1-15(2-4-16)17-13-19-5-6-20-7-8-21-9-10-22-11-12-23-17/h1-4,17,19H,5-13H2. The van der Waals surface area contributed by atoms with Gasteiger partial charge in [-0.05, 0) is 29.5 Å². The fourth-order valence-corrected chi connectivity index (χ4v) is 2.62. The lowest BCUT2D eigenvalue weighted by molar-refractivity contribution is -0.0150. The second-order valence-corrected chi connectivity index (χ2v) is 6.02. The topological polar surface area (TPSA) is 72.7 Å². The number of ether oxygens (including phenoxy) is 4. The normalized spacial score (nSPS) is 22.0. The molecule has 2 rings (SSSR count). The molecular formula is C17H24N2O4S. The Morgan fingerprint density at radius 1 is 0.917 bits per heavy atom. The molecule has 1 aromatic rings. The van der Waals surface area contributed by atoms with Gasteiger partial charge in [0, 0.05) is 18.0 Å². The Morgan fingerprint density at radius 2 is 1.54 bits per heavy atom. The van der Waals surface area contributed by atoms with Crippen LogP contribution >= 0.6 is 11.8 Å². The van der Waals surface area contributed by atoms with E-state index in [9.17, 15) is 0 Å². The number of nitriles is 1. The van der Waals surface area contributed by atoms with Gasteiger partial charge in [0.1, 0.15) is 5.40 Å². The van der Waals surface area contributed by atoms with E-state index in [1.807, 2.05) is 24.3 Å². The largest absolute Gasteiger partial charge is 0.378 e. The van der Waals surface area contributed by atoms with Gasteiger partial charge >= 0.3 is 0 Å². The second-order valence-electron chi connectivity index (χ2n) is 5.16. The number of hydrogen-bond donors (Lipinski definition) is 1. The van der Waals surface area contributed by atoms with Crippen molar-refractivity contribution < 1.29 is 18.9 Å². The van der Waals surface area contributed by atoms with Crippen LogP contribution in [0.2, 0.25) is 0 Å². The summed E-state index contributed by atoms with van der Waals surface area (Å²) in [4.78, 5) is 0.933. The van der Waals surface area contributed by atoms with Crippen LogP contribution in [0.25, 0.3) is 0 Å². The first-order valence-electron chi connectivity index (χ1n) is 8.11. The van der Waals surface area contributed by atoms with Gasteiger partial charge in [0.25, 0.3) is 0 Å². The minimum atomic E-state index is -0.0592. The third kappa shape index (κ3) is 7.62. The number of thiocyanates is 1. The molecule has 0 spiro atoms. The van der Waals surface area contributed by atoms with Crippen molar-refractivity contribution in [2.45, 2.75) is 11.0 Å². The van der Waals surface area contributed by atoms with Gasteiger partial charge in [-0.25, -0.2) is 0 Å². The van der Waals surface area contributed by atoms with Crippen molar-refractivity contribution in [3.05, 3.63) is 29.8 Å². The number of thioether (sulfide) groups is 1. The van der Waals surface area contributed by atoms with Crippen molar-refractivity contribution in [2.24, 2.45) is 0 Å². The molecule has 0 saturated carbocycles. The van der Waals surface area contributed by atoms with Gasteiger partial charge in [-0.2, -0.15) is 5.26 Å². The first kappa shape index (κ1) is 19.2. The van der Waals surface area contributed by atoms with Gasteiger partial charge < -0.3 is 24.3 Å². The molecule has 1 N–H and O–H groups in total. The molecule has 24 heavy (non-hydrogen) atoms. The maximum Gasteiger partial charge on any atom is 0.138 e. The lowest BCUT2D eigenvalue weighted by atomic mass is 10.1. The number of hydrogen-bond acceptors (Lipinski definition) is 7. The second kappa shape index (κ2) is 12.3. The molecule has 0 aromatic heterocycles. The van der Waals surface area contributed by atoms with Gasteiger partial charge in [-0.15, -0.1) is 0 Å². The SMILES string of the molecule is N#CSc1ccc(C2CNCCOCCOCCOCCO2)cc1. The molecule has 1 aliphatic rings. The van der Waals surface area contributed by atoms with Crippen LogP contribution in [-0.2, 0) is 18.9 Å². The summed E-state index contributed by atoms with van der Waals surface area (Å²) in [6, 6.07) is 7.90. The third-order valence-corrected chi connectivity index (χ3v) is 4.06. The molecule has 1 aliphatic heterocycles. The van der Waals surface area contributed by atoms with Gasteiger partial charge in [0.2, 0.25) is 0 Å². The van der Waals surface area contributed by atoms with E-state index in [-0.39, 0.29) is 6.10 Å². The van der Waals surface area contributed by atoms with E-state index in [0.29, 0.717) is 52.8 Å². The summed E-state index contributed by atoms with van der Waals surface area (Å²) in [6.45, 7) is 5.49. The van der Waals surface area contributed by atoms with Crippen molar-refractivity contribution in [1.82, 2.24) is 5.32 Å². The molecular weight excluding hydrogens is 328 g/mol. The summed E-state index contributed by atoms with van der Waals surface area (Å²) >= 11 is 1.16. The van der Waals surface area contributed by atoms with E-state index in [2.05, 4.69) is 10.7 Å². The Labute approximate surface area is 147 Å². The molecule has 1 aromatic carbocycles. The summed E-state index contributed by atoms with van der Waals surface area (Å²) in [7, 11) is 0. The predicted octanol–water partition coefficient (Wildman–Crippen LogP) is 1.97. The van der Waals surface area contributed by atoms with E-state index >= 15 is 0 Å². The first-order valence-corrected chi connectivity index (χ1v) is 8.93. The van der Waals surface area contributed by atoms with Crippen molar-refractivity contribution in [1.29, 1.82) is 5.26 Å². The minimum absolute atomic E-state index is 0.0592. The summed E-state index contributed by atoms with van der Waals surface area (Å²) in [5.74, 6) is 0. The maximum atomic E-state index is 8.72. The van der Waals surface area contributed by atoms with Crippen molar-refractivity contribution in [3.63, 3.8) is 0 Å². The molecule has 1 fully saturated rings. The molecule has 1 saturated heterocycles. The zero-order chi connectivity index (χ0) is 16.9. The number of nitrogens with zero attached hydrogens (tertiary/aromatic N) is 1. The Hall–Kier alpha value is -1.14. The fraction of sp³-hybridized carbons (Fsp3) is 0.588. The van der Waals surface area contributed by atoms with Gasteiger partial charge in [-0.3, -0.25) is 0 Å². The zero-order valence-corrected chi connectivity index (χ0v) is 14.6. The fourth-order valence-electron chi connectivity index (χ4n) is 2.24. The summed E-state index contributed by atoms with van der Waals surface area (Å²) in [6.07, 6.45) is -0.0592. The van der Waals surface area contributed by atoms with Crippen molar-refractivity contribution in [3.8, 4) is 5.40 Å². The van der Waals surface area contributed by atoms with Crippen LogP contribution in [0.15, 0.2) is 29.2 Å². The van der Waals surface area contributed by atoms with E-state index in [0.717, 1.165) is 28.8 Å². The molecule has 0 aliphatic carbocycles. The van der Waals surface area contributed by atoms with Gasteiger partial charge in [0.15, 0.2) is 0 Å². The van der Waals surface area contributed by atoms with Crippen LogP contribution < -0.4 is 5.32 Å². The van der Waals surface area contributed by atoms with Crippen LogP contribution in [0.1, 0.15) is 11.7 Å². The zero-order valence-electron chi connectivity index (χ0n) is 13.7. The monoisotopic (exact) mass is 352 g/mol. The Morgan fingerprint density at radius 3 is 2.21 bits per heavy atom. The Balaban J connectivity index is 1.89. The quantitative estimate of drug-likeness (QED) is 0.644. The highest BCUT2D eigenvalue weighted by Crippen LogP contribution is 2.22. The highest BCUT2D eigenvalue weighted by molar-refractivity contribution is 8.03. The van der Waals surface area contributed by atoms with Crippen LogP contribution in [-0.4, -0.2) is 59.3 Å². The van der Waals surface area contributed by atoms with E-state index in [1.54, 1.807) is 0 Å². The predicted molar refractivity (Wildman–Crippen MR) is 91.9 cm³/mol. The van der Waals surface area contributed by atoms with E-state index in [1.165, 1.54) is 0 Å². The van der Waals surface area contributed by atoms with Crippen LogP contribution in [0.3, 0.4) is 0 Å². The molecule has 0 amide bonds. The highest BCUT2D eigenvalue weighted by Gasteiger charge is 2.12. The van der Waals surface area contributed by atoms with Gasteiger partial charge in [0.05, 0.1) is 52.4 Å². The lowest BCUT2D eigenvalue weighted by Crippen LogP contribution is -2.27. The number of benzene rings is 1. The molecule has 1 atom stereocenters. The summed E-state index contributed by atoms with van der Waals surface area (Å²) < 4.78 is 22.3. The molecule has 7 heteroatoms. The average Bonchev–Trinajstić information content (AvgIpc) is 2.62. The van der Waals surface area contributed by atoms with Crippen molar-refractivity contribution in [2.75, 3.05) is 59.3 Å². The van der Waals surface area contributed by atoms with Gasteiger partial charge in [-0.1, -0.05) is 12.1 Å². The van der Waals surface area contributed by atoms with Crippen LogP contribution in [0, 0.1) is 10.7 Å². The van der Waals surface area contributed by atoms with Crippen molar-refractivity contribution >= 4 is 11.8 Å². The molecule has 6 nitrogen and oxygen atoms in total.